The maximum Gasteiger partial charge on any atom is 0.240 e. The van der Waals surface area contributed by atoms with E-state index in [0.29, 0.717) is 17.7 Å². The van der Waals surface area contributed by atoms with E-state index < -0.39 is 9.84 Å². The Labute approximate surface area is 96.9 Å². The van der Waals surface area contributed by atoms with Crippen LogP contribution < -0.4 is 5.73 Å². The van der Waals surface area contributed by atoms with E-state index in [1.54, 1.807) is 11.6 Å². The van der Waals surface area contributed by atoms with Crippen LogP contribution in [0.25, 0.3) is 0 Å². The molecule has 0 aromatic carbocycles. The SMILES string of the molecule is CCS(=O)(=O)CCCn1nc(N)nc1Br. The van der Waals surface area contributed by atoms with E-state index in [2.05, 4.69) is 26.0 Å². The van der Waals surface area contributed by atoms with Gasteiger partial charge in [-0.05, 0) is 22.4 Å². The fraction of sp³-hybridized carbons (Fsp3) is 0.714. The zero-order valence-corrected chi connectivity index (χ0v) is 10.8. The Hall–Kier alpha value is -0.630. The Morgan fingerprint density at radius 2 is 2.20 bits per heavy atom. The second kappa shape index (κ2) is 4.93. The van der Waals surface area contributed by atoms with Gasteiger partial charge >= 0.3 is 0 Å². The van der Waals surface area contributed by atoms with E-state index in [0.717, 1.165) is 0 Å². The quantitative estimate of drug-likeness (QED) is 0.852. The van der Waals surface area contributed by atoms with Crippen molar-refractivity contribution in [1.82, 2.24) is 14.8 Å². The zero-order valence-electron chi connectivity index (χ0n) is 8.35. The minimum absolute atomic E-state index is 0.162. The number of aromatic nitrogens is 3. The molecule has 0 aliphatic rings. The number of nitrogen functional groups attached to an aromatic ring is 1. The Bertz CT molecular complexity index is 428. The van der Waals surface area contributed by atoms with Crippen LogP contribution in [0.5, 0.6) is 0 Å². The molecule has 1 aromatic heterocycles. The lowest BCUT2D eigenvalue weighted by molar-refractivity contribution is 0.567. The minimum atomic E-state index is -2.90. The van der Waals surface area contributed by atoms with Crippen LogP contribution >= 0.6 is 15.9 Å². The highest BCUT2D eigenvalue weighted by Crippen LogP contribution is 2.08. The summed E-state index contributed by atoms with van der Waals surface area (Å²) in [5.74, 6) is 0.517. The molecule has 0 aliphatic heterocycles. The standard InChI is InChI=1S/C7H13BrN4O2S/c1-2-15(13,14)5-3-4-12-6(8)10-7(9)11-12/h2-5H2,1H3,(H2,9,11). The Morgan fingerprint density at radius 1 is 1.53 bits per heavy atom. The lowest BCUT2D eigenvalue weighted by Gasteiger charge is -2.02. The van der Waals surface area contributed by atoms with Gasteiger partial charge in [-0.3, -0.25) is 0 Å². The summed E-state index contributed by atoms with van der Waals surface area (Å²) in [6.07, 6.45) is 0.511. The summed E-state index contributed by atoms with van der Waals surface area (Å²) in [4.78, 5) is 3.84. The molecule has 0 bridgehead atoms. The molecule has 0 fully saturated rings. The summed E-state index contributed by atoms with van der Waals surface area (Å²) >= 11 is 3.17. The molecule has 0 spiro atoms. The number of hydrogen-bond acceptors (Lipinski definition) is 5. The third kappa shape index (κ3) is 3.78. The molecule has 0 atom stereocenters. The molecule has 0 saturated heterocycles. The van der Waals surface area contributed by atoms with Crippen LogP contribution in [0.3, 0.4) is 0 Å². The van der Waals surface area contributed by atoms with Crippen LogP contribution in [0.1, 0.15) is 13.3 Å². The van der Waals surface area contributed by atoms with Crippen LogP contribution in [0.2, 0.25) is 0 Å². The average Bonchev–Trinajstić information content (AvgIpc) is 2.45. The third-order valence-corrected chi connectivity index (χ3v) is 4.29. The van der Waals surface area contributed by atoms with Crippen molar-refractivity contribution in [2.45, 2.75) is 19.9 Å². The number of nitrogens with zero attached hydrogens (tertiary/aromatic N) is 3. The van der Waals surface area contributed by atoms with Crippen molar-refractivity contribution in [1.29, 1.82) is 0 Å². The first kappa shape index (κ1) is 12.4. The third-order valence-electron chi connectivity index (χ3n) is 1.91. The predicted molar refractivity (Wildman–Crippen MR) is 61.1 cm³/mol. The fourth-order valence-electron chi connectivity index (χ4n) is 1.06. The van der Waals surface area contributed by atoms with Crippen molar-refractivity contribution in [3.8, 4) is 0 Å². The summed E-state index contributed by atoms with van der Waals surface area (Å²) in [6, 6.07) is 0. The molecule has 0 unspecified atom stereocenters. The van der Waals surface area contributed by atoms with Crippen molar-refractivity contribution >= 4 is 31.7 Å². The van der Waals surface area contributed by atoms with Gasteiger partial charge in [0.1, 0.15) is 9.84 Å². The van der Waals surface area contributed by atoms with E-state index >= 15 is 0 Å². The summed E-state index contributed by atoms with van der Waals surface area (Å²) in [5, 5.41) is 3.90. The van der Waals surface area contributed by atoms with Crippen LogP contribution in [0.4, 0.5) is 5.95 Å². The molecule has 86 valence electrons. The molecule has 15 heavy (non-hydrogen) atoms. The maximum absolute atomic E-state index is 11.2. The van der Waals surface area contributed by atoms with E-state index in [-0.39, 0.29) is 17.5 Å². The number of hydrogen-bond donors (Lipinski definition) is 1. The highest BCUT2D eigenvalue weighted by atomic mass is 79.9. The molecule has 1 aromatic rings. The average molecular weight is 297 g/mol. The maximum atomic E-state index is 11.2. The van der Waals surface area contributed by atoms with Gasteiger partial charge in [0.2, 0.25) is 5.95 Å². The largest absolute Gasteiger partial charge is 0.366 e. The molecule has 1 heterocycles. The van der Waals surface area contributed by atoms with E-state index in [9.17, 15) is 8.42 Å². The monoisotopic (exact) mass is 296 g/mol. The smallest absolute Gasteiger partial charge is 0.240 e. The van der Waals surface area contributed by atoms with Crippen LogP contribution in [-0.2, 0) is 16.4 Å². The number of anilines is 1. The Balaban J connectivity index is 2.48. The lowest BCUT2D eigenvalue weighted by atomic mass is 10.5. The highest BCUT2D eigenvalue weighted by molar-refractivity contribution is 9.10. The van der Waals surface area contributed by atoms with Crippen molar-refractivity contribution in [3.63, 3.8) is 0 Å². The molecule has 1 rings (SSSR count). The van der Waals surface area contributed by atoms with Gasteiger partial charge in [-0.2, -0.15) is 4.98 Å². The molecule has 0 amide bonds. The summed E-state index contributed by atoms with van der Waals surface area (Å²) in [5.41, 5.74) is 5.37. The molecule has 8 heteroatoms. The minimum Gasteiger partial charge on any atom is -0.366 e. The molecule has 6 nitrogen and oxygen atoms in total. The van der Waals surface area contributed by atoms with Crippen molar-refractivity contribution < 1.29 is 8.42 Å². The number of sulfone groups is 1. The van der Waals surface area contributed by atoms with Gasteiger partial charge < -0.3 is 5.73 Å². The molecule has 0 radical (unpaired) electrons. The highest BCUT2D eigenvalue weighted by Gasteiger charge is 2.09. The fourth-order valence-corrected chi connectivity index (χ4v) is 2.36. The summed E-state index contributed by atoms with van der Waals surface area (Å²) in [7, 11) is -2.90. The van der Waals surface area contributed by atoms with Gasteiger partial charge in [0.05, 0.1) is 5.75 Å². The summed E-state index contributed by atoms with van der Waals surface area (Å²) < 4.78 is 24.5. The molecule has 2 N–H and O–H groups in total. The lowest BCUT2D eigenvalue weighted by Crippen LogP contribution is -2.12. The molecular formula is C7H13BrN4O2S. The van der Waals surface area contributed by atoms with Gasteiger partial charge in [0.15, 0.2) is 4.73 Å². The predicted octanol–water partition coefficient (Wildman–Crippen LogP) is 0.448. The number of aryl methyl sites for hydroxylation is 1. The molecule has 0 saturated carbocycles. The van der Waals surface area contributed by atoms with Gasteiger partial charge in [-0.15, -0.1) is 5.10 Å². The van der Waals surface area contributed by atoms with Gasteiger partial charge in [0.25, 0.3) is 0 Å². The van der Waals surface area contributed by atoms with Crippen molar-refractivity contribution in [2.75, 3.05) is 17.2 Å². The van der Waals surface area contributed by atoms with Crippen molar-refractivity contribution in [3.05, 3.63) is 4.73 Å². The second-order valence-electron chi connectivity index (χ2n) is 3.05. The first-order valence-electron chi connectivity index (χ1n) is 4.51. The first-order valence-corrected chi connectivity index (χ1v) is 7.12. The normalized spacial score (nSPS) is 11.9. The molecular weight excluding hydrogens is 284 g/mol. The van der Waals surface area contributed by atoms with E-state index in [1.807, 2.05) is 0 Å². The van der Waals surface area contributed by atoms with Gasteiger partial charge in [-0.1, -0.05) is 6.92 Å². The van der Waals surface area contributed by atoms with Gasteiger partial charge in [0, 0.05) is 12.3 Å². The van der Waals surface area contributed by atoms with E-state index in [1.165, 1.54) is 0 Å². The number of halogens is 1. The Kier molecular flexibility index (Phi) is 4.09. The van der Waals surface area contributed by atoms with E-state index in [4.69, 9.17) is 5.73 Å². The summed E-state index contributed by atoms with van der Waals surface area (Å²) in [6.45, 7) is 2.13. The van der Waals surface area contributed by atoms with Crippen LogP contribution in [0.15, 0.2) is 4.73 Å². The molecule has 0 aliphatic carbocycles. The topological polar surface area (TPSA) is 90.9 Å². The van der Waals surface area contributed by atoms with Gasteiger partial charge in [-0.25, -0.2) is 13.1 Å². The Morgan fingerprint density at radius 3 is 2.67 bits per heavy atom. The first-order chi connectivity index (χ1) is 6.94. The number of rotatable bonds is 5. The zero-order chi connectivity index (χ0) is 11.5. The van der Waals surface area contributed by atoms with Crippen LogP contribution in [-0.4, -0.2) is 34.7 Å². The second-order valence-corrected chi connectivity index (χ2v) is 6.23. The number of nitrogens with two attached hydrogens (primary N) is 1. The van der Waals surface area contributed by atoms with Crippen molar-refractivity contribution in [2.24, 2.45) is 0 Å². The van der Waals surface area contributed by atoms with Crippen LogP contribution in [0, 0.1) is 0 Å².